The van der Waals surface area contributed by atoms with Gasteiger partial charge in [-0.15, -0.1) is 0 Å². The Bertz CT molecular complexity index is 1060. The predicted octanol–water partition coefficient (Wildman–Crippen LogP) is 3.58. The van der Waals surface area contributed by atoms with Crippen LogP contribution in [0.5, 0.6) is 5.75 Å². The van der Waals surface area contributed by atoms with Crippen molar-refractivity contribution in [2.24, 2.45) is 0 Å². The molecular weight excluding hydrogens is 385 g/mol. The van der Waals surface area contributed by atoms with E-state index in [-0.39, 0.29) is 17.5 Å². The van der Waals surface area contributed by atoms with Crippen LogP contribution in [0.3, 0.4) is 0 Å². The summed E-state index contributed by atoms with van der Waals surface area (Å²) >= 11 is 0. The van der Waals surface area contributed by atoms with Gasteiger partial charge in [0, 0.05) is 30.4 Å². The van der Waals surface area contributed by atoms with E-state index in [9.17, 15) is 19.7 Å². The first kappa shape index (κ1) is 20.1. The lowest BCUT2D eigenvalue weighted by molar-refractivity contribution is 0.198. The summed E-state index contributed by atoms with van der Waals surface area (Å²) in [5.41, 5.74) is 2.62. The average Bonchev–Trinajstić information content (AvgIpc) is 3.16. The maximum absolute atomic E-state index is 14.4. The molecule has 0 spiro atoms. The number of phenolic OH excluding ortho intramolecular Hbond substituents is 1. The Hall–Kier alpha value is -3.16. The molecule has 0 radical (unpaired) electrons. The number of nitrogens with zero attached hydrogens (tertiary/aromatic N) is 2. The SMILES string of the molecule is CC(O)Nc1ccc(-c2cccc(-c3ccnc(N4CCC(O)C4)c3)c2O)cc1F. The molecule has 2 heterocycles. The quantitative estimate of drug-likeness (QED) is 0.482. The number of nitrogens with one attached hydrogen (secondary N) is 1. The number of aromatic hydroxyl groups is 1. The van der Waals surface area contributed by atoms with Gasteiger partial charge in [0.25, 0.3) is 0 Å². The Morgan fingerprint density at radius 1 is 1.13 bits per heavy atom. The second-order valence-electron chi connectivity index (χ2n) is 7.51. The predicted molar refractivity (Wildman–Crippen MR) is 115 cm³/mol. The van der Waals surface area contributed by atoms with E-state index in [0.29, 0.717) is 29.7 Å². The molecule has 0 bridgehead atoms. The van der Waals surface area contributed by atoms with Crippen molar-refractivity contribution in [3.05, 3.63) is 60.5 Å². The number of pyridine rings is 1. The molecule has 6 nitrogen and oxygen atoms in total. The highest BCUT2D eigenvalue weighted by molar-refractivity contribution is 5.83. The molecule has 2 atom stereocenters. The maximum atomic E-state index is 14.4. The highest BCUT2D eigenvalue weighted by Crippen LogP contribution is 2.39. The summed E-state index contributed by atoms with van der Waals surface area (Å²) in [5, 5.41) is 32.8. The standard InChI is InChI=1S/C23H24FN3O3/c1-14(28)26-21-6-5-15(11-20(21)24)18-3-2-4-19(23(18)30)16-7-9-25-22(12-16)27-10-8-17(29)13-27/h2-7,9,11-12,14,17,26,28-30H,8,10,13H2,1H3. The average molecular weight is 409 g/mol. The minimum atomic E-state index is -0.875. The Balaban J connectivity index is 1.68. The zero-order valence-electron chi connectivity index (χ0n) is 16.6. The molecule has 1 aromatic heterocycles. The first-order valence-electron chi connectivity index (χ1n) is 9.88. The van der Waals surface area contributed by atoms with Crippen LogP contribution in [0.1, 0.15) is 13.3 Å². The molecule has 7 heteroatoms. The van der Waals surface area contributed by atoms with Crippen molar-refractivity contribution in [2.45, 2.75) is 25.7 Å². The van der Waals surface area contributed by atoms with E-state index in [2.05, 4.69) is 10.3 Å². The summed E-state index contributed by atoms with van der Waals surface area (Å²) < 4.78 is 14.4. The third-order valence-electron chi connectivity index (χ3n) is 5.22. The summed E-state index contributed by atoms with van der Waals surface area (Å²) in [5.74, 6) is 0.275. The van der Waals surface area contributed by atoms with Gasteiger partial charge in [-0.3, -0.25) is 0 Å². The van der Waals surface area contributed by atoms with E-state index in [0.717, 1.165) is 17.9 Å². The second kappa shape index (κ2) is 8.30. The highest BCUT2D eigenvalue weighted by Gasteiger charge is 2.22. The van der Waals surface area contributed by atoms with Gasteiger partial charge in [0.05, 0.1) is 11.8 Å². The lowest BCUT2D eigenvalue weighted by Crippen LogP contribution is -2.22. The molecule has 1 aliphatic rings. The Morgan fingerprint density at radius 2 is 1.87 bits per heavy atom. The van der Waals surface area contributed by atoms with Gasteiger partial charge in [-0.2, -0.15) is 0 Å². The van der Waals surface area contributed by atoms with Crippen LogP contribution in [0.4, 0.5) is 15.9 Å². The molecule has 1 aliphatic heterocycles. The monoisotopic (exact) mass is 409 g/mol. The highest BCUT2D eigenvalue weighted by atomic mass is 19.1. The van der Waals surface area contributed by atoms with Gasteiger partial charge < -0.3 is 25.5 Å². The number of phenols is 1. The number of anilines is 2. The summed E-state index contributed by atoms with van der Waals surface area (Å²) in [6.07, 6.45) is 1.16. The molecule has 30 heavy (non-hydrogen) atoms. The molecule has 1 fully saturated rings. The molecule has 2 unspecified atom stereocenters. The summed E-state index contributed by atoms with van der Waals surface area (Å²) in [7, 11) is 0. The van der Waals surface area contributed by atoms with E-state index in [4.69, 9.17) is 0 Å². The molecule has 4 rings (SSSR count). The van der Waals surface area contributed by atoms with Crippen molar-refractivity contribution < 1.29 is 19.7 Å². The first-order valence-corrected chi connectivity index (χ1v) is 9.88. The van der Waals surface area contributed by atoms with Gasteiger partial charge in [0.1, 0.15) is 23.6 Å². The van der Waals surface area contributed by atoms with Crippen molar-refractivity contribution in [1.82, 2.24) is 4.98 Å². The van der Waals surface area contributed by atoms with Gasteiger partial charge in [0.15, 0.2) is 0 Å². The van der Waals surface area contributed by atoms with E-state index in [1.54, 1.807) is 24.4 Å². The van der Waals surface area contributed by atoms with Crippen molar-refractivity contribution >= 4 is 11.5 Å². The van der Waals surface area contributed by atoms with Crippen molar-refractivity contribution in [2.75, 3.05) is 23.3 Å². The molecule has 4 N–H and O–H groups in total. The number of aliphatic hydroxyl groups is 2. The largest absolute Gasteiger partial charge is 0.507 e. The third-order valence-corrected chi connectivity index (χ3v) is 5.22. The van der Waals surface area contributed by atoms with E-state index in [1.807, 2.05) is 23.1 Å². The van der Waals surface area contributed by atoms with Gasteiger partial charge >= 0.3 is 0 Å². The van der Waals surface area contributed by atoms with Crippen LogP contribution >= 0.6 is 0 Å². The molecule has 0 amide bonds. The van der Waals surface area contributed by atoms with E-state index >= 15 is 0 Å². The number of β-amino-alcohol motifs (C(OH)–C–C–N with tert-alkyl or cyclic N) is 1. The minimum Gasteiger partial charge on any atom is -0.507 e. The second-order valence-corrected chi connectivity index (χ2v) is 7.51. The Morgan fingerprint density at radius 3 is 2.50 bits per heavy atom. The van der Waals surface area contributed by atoms with Crippen LogP contribution in [-0.2, 0) is 0 Å². The lowest BCUT2D eigenvalue weighted by Gasteiger charge is -2.18. The number of para-hydroxylation sites is 1. The molecule has 156 valence electrons. The number of halogens is 1. The topological polar surface area (TPSA) is 88.9 Å². The number of benzene rings is 2. The number of hydrogen-bond acceptors (Lipinski definition) is 6. The minimum absolute atomic E-state index is 0.0479. The van der Waals surface area contributed by atoms with Gasteiger partial charge in [-0.1, -0.05) is 24.3 Å². The van der Waals surface area contributed by atoms with E-state index in [1.165, 1.54) is 19.1 Å². The van der Waals surface area contributed by atoms with Gasteiger partial charge in [0.2, 0.25) is 0 Å². The zero-order chi connectivity index (χ0) is 21.3. The normalized spacial score (nSPS) is 17.2. The fraction of sp³-hybridized carbons (Fsp3) is 0.261. The van der Waals surface area contributed by atoms with Crippen LogP contribution in [0.25, 0.3) is 22.3 Å². The summed E-state index contributed by atoms with van der Waals surface area (Å²) in [6, 6.07) is 13.6. The lowest BCUT2D eigenvalue weighted by atomic mass is 9.97. The van der Waals surface area contributed by atoms with Crippen LogP contribution in [0, 0.1) is 5.82 Å². The van der Waals surface area contributed by atoms with Crippen LogP contribution < -0.4 is 10.2 Å². The number of aromatic nitrogens is 1. The van der Waals surface area contributed by atoms with Crippen molar-refractivity contribution in [1.29, 1.82) is 0 Å². The number of aliphatic hydroxyl groups excluding tert-OH is 2. The number of hydrogen-bond donors (Lipinski definition) is 4. The fourth-order valence-electron chi connectivity index (χ4n) is 3.74. The molecular formula is C23H24FN3O3. The van der Waals surface area contributed by atoms with Crippen molar-refractivity contribution in [3.63, 3.8) is 0 Å². The molecule has 0 aliphatic carbocycles. The Labute approximate surface area is 174 Å². The first-order chi connectivity index (χ1) is 14.4. The molecule has 1 saturated heterocycles. The molecule has 3 aromatic rings. The summed E-state index contributed by atoms with van der Waals surface area (Å²) in [6.45, 7) is 2.78. The van der Waals surface area contributed by atoms with Crippen LogP contribution in [0.15, 0.2) is 54.7 Å². The van der Waals surface area contributed by atoms with Crippen molar-refractivity contribution in [3.8, 4) is 28.0 Å². The van der Waals surface area contributed by atoms with Gasteiger partial charge in [-0.25, -0.2) is 9.37 Å². The van der Waals surface area contributed by atoms with E-state index < -0.39 is 12.0 Å². The van der Waals surface area contributed by atoms with Crippen LogP contribution in [0.2, 0.25) is 0 Å². The molecule has 2 aromatic carbocycles. The fourth-order valence-corrected chi connectivity index (χ4v) is 3.74. The smallest absolute Gasteiger partial charge is 0.146 e. The molecule has 0 saturated carbocycles. The van der Waals surface area contributed by atoms with Gasteiger partial charge in [-0.05, 0) is 48.7 Å². The Kier molecular flexibility index (Phi) is 5.57. The van der Waals surface area contributed by atoms with Crippen LogP contribution in [-0.4, -0.2) is 45.7 Å². The summed E-state index contributed by atoms with van der Waals surface area (Å²) in [4.78, 5) is 6.40. The number of rotatable bonds is 5. The maximum Gasteiger partial charge on any atom is 0.146 e. The third kappa shape index (κ3) is 4.08. The zero-order valence-corrected chi connectivity index (χ0v) is 16.6.